The van der Waals surface area contributed by atoms with Crippen LogP contribution in [0.5, 0.6) is 0 Å². The number of aromatic amines is 1. The van der Waals surface area contributed by atoms with Crippen LogP contribution in [0.15, 0.2) is 35.4 Å². The van der Waals surface area contributed by atoms with E-state index in [2.05, 4.69) is 20.4 Å². The highest BCUT2D eigenvalue weighted by Gasteiger charge is 2.14. The lowest BCUT2D eigenvalue weighted by Crippen LogP contribution is -2.32. The van der Waals surface area contributed by atoms with Crippen LogP contribution in [0.1, 0.15) is 28.0 Å². The Balaban J connectivity index is 1.42. The molecule has 2 aromatic heterocycles. The zero-order valence-electron chi connectivity index (χ0n) is 13.1. The number of H-pyrrole nitrogens is 1. The maximum Gasteiger partial charge on any atom is 0.267 e. The Morgan fingerprint density at radius 3 is 3.12 bits per heavy atom. The van der Waals surface area contributed by atoms with Gasteiger partial charge in [0.15, 0.2) is 0 Å². The number of carbonyl (C=O) groups excluding carboxylic acids is 1. The van der Waals surface area contributed by atoms with Gasteiger partial charge in [0, 0.05) is 18.2 Å². The second-order valence-electron chi connectivity index (χ2n) is 5.92. The Labute approximate surface area is 137 Å². The van der Waals surface area contributed by atoms with Gasteiger partial charge in [-0.3, -0.25) is 9.59 Å². The molecule has 0 fully saturated rings. The van der Waals surface area contributed by atoms with Crippen LogP contribution in [-0.2, 0) is 19.4 Å². The molecule has 0 radical (unpaired) electrons. The zero-order chi connectivity index (χ0) is 16.5. The van der Waals surface area contributed by atoms with Crippen LogP contribution in [0.4, 0.5) is 0 Å². The van der Waals surface area contributed by atoms with Crippen LogP contribution in [0.25, 0.3) is 11.0 Å². The second-order valence-corrected chi connectivity index (χ2v) is 5.92. The lowest BCUT2D eigenvalue weighted by molar-refractivity contribution is 0.0952. The van der Waals surface area contributed by atoms with Crippen molar-refractivity contribution in [3.8, 4) is 0 Å². The molecule has 1 aliphatic rings. The number of nitrogens with one attached hydrogen (secondary N) is 2. The van der Waals surface area contributed by atoms with Crippen LogP contribution in [0, 0.1) is 0 Å². The lowest BCUT2D eigenvalue weighted by Gasteiger charge is -2.08. The molecule has 1 aromatic carbocycles. The van der Waals surface area contributed by atoms with Crippen LogP contribution in [0.3, 0.4) is 0 Å². The molecule has 3 aromatic rings. The smallest absolute Gasteiger partial charge is 0.267 e. The van der Waals surface area contributed by atoms with Crippen LogP contribution >= 0.6 is 0 Å². The first-order valence-electron chi connectivity index (χ1n) is 8.02. The standard InChI is InChI=1S/C17H17N5O2/c23-16-9-11-2-1-3-13(11)21-22(16)7-6-18-17(24)12-4-5-14-15(8-12)20-10-19-14/h4-5,8-10H,1-3,6-7H2,(H,18,24)(H,19,20). The number of hydrogen-bond acceptors (Lipinski definition) is 4. The van der Waals surface area contributed by atoms with Crippen molar-refractivity contribution in [3.05, 3.63) is 57.8 Å². The van der Waals surface area contributed by atoms with E-state index in [-0.39, 0.29) is 11.5 Å². The lowest BCUT2D eigenvalue weighted by atomic mass is 10.2. The molecule has 0 spiro atoms. The van der Waals surface area contributed by atoms with Crippen molar-refractivity contribution < 1.29 is 4.79 Å². The van der Waals surface area contributed by atoms with Gasteiger partial charge in [0.05, 0.1) is 29.6 Å². The van der Waals surface area contributed by atoms with Crippen molar-refractivity contribution in [1.29, 1.82) is 0 Å². The van der Waals surface area contributed by atoms with E-state index in [1.165, 1.54) is 4.68 Å². The maximum absolute atomic E-state index is 12.2. The first-order valence-corrected chi connectivity index (χ1v) is 8.02. The molecule has 122 valence electrons. The predicted octanol–water partition coefficient (Wildman–Crippen LogP) is 1.04. The van der Waals surface area contributed by atoms with Gasteiger partial charge in [-0.1, -0.05) is 0 Å². The molecule has 4 rings (SSSR count). The highest BCUT2D eigenvalue weighted by atomic mass is 16.1. The van der Waals surface area contributed by atoms with E-state index >= 15 is 0 Å². The number of aryl methyl sites for hydroxylation is 2. The number of rotatable bonds is 4. The number of amides is 1. The van der Waals surface area contributed by atoms with Crippen molar-refractivity contribution >= 4 is 16.9 Å². The monoisotopic (exact) mass is 323 g/mol. The van der Waals surface area contributed by atoms with Crippen LogP contribution < -0.4 is 10.9 Å². The van der Waals surface area contributed by atoms with Gasteiger partial charge in [-0.05, 0) is 43.0 Å². The van der Waals surface area contributed by atoms with E-state index in [1.807, 2.05) is 0 Å². The summed E-state index contributed by atoms with van der Waals surface area (Å²) < 4.78 is 1.43. The van der Waals surface area contributed by atoms with Gasteiger partial charge in [-0.15, -0.1) is 0 Å². The van der Waals surface area contributed by atoms with Crippen LogP contribution in [-0.4, -0.2) is 32.2 Å². The fraction of sp³-hybridized carbons (Fsp3) is 0.294. The molecule has 0 unspecified atom stereocenters. The Hall–Kier alpha value is -2.96. The predicted molar refractivity (Wildman–Crippen MR) is 88.9 cm³/mol. The number of aromatic nitrogens is 4. The normalized spacial score (nSPS) is 13.2. The number of hydrogen-bond donors (Lipinski definition) is 2. The number of carbonyl (C=O) groups is 1. The van der Waals surface area contributed by atoms with Gasteiger partial charge < -0.3 is 10.3 Å². The molecule has 0 bridgehead atoms. The summed E-state index contributed by atoms with van der Waals surface area (Å²) in [5, 5.41) is 7.22. The number of imidazole rings is 1. The van der Waals surface area contributed by atoms with Crippen molar-refractivity contribution in [3.63, 3.8) is 0 Å². The molecule has 24 heavy (non-hydrogen) atoms. The molecule has 0 aliphatic heterocycles. The van der Waals surface area contributed by atoms with E-state index in [4.69, 9.17) is 0 Å². The third kappa shape index (κ3) is 2.68. The van der Waals surface area contributed by atoms with E-state index in [1.54, 1.807) is 30.6 Å². The van der Waals surface area contributed by atoms with Gasteiger partial charge >= 0.3 is 0 Å². The molecule has 7 nitrogen and oxygen atoms in total. The van der Waals surface area contributed by atoms with Crippen molar-refractivity contribution in [2.75, 3.05) is 6.54 Å². The molecule has 2 N–H and O–H groups in total. The van der Waals surface area contributed by atoms with Crippen LogP contribution in [0.2, 0.25) is 0 Å². The summed E-state index contributed by atoms with van der Waals surface area (Å²) in [4.78, 5) is 31.3. The number of fused-ring (bicyclic) bond motifs is 2. The number of benzene rings is 1. The van der Waals surface area contributed by atoms with Gasteiger partial charge in [0.2, 0.25) is 0 Å². The summed E-state index contributed by atoms with van der Waals surface area (Å²) in [7, 11) is 0. The average Bonchev–Trinajstić information content (AvgIpc) is 3.22. The molecule has 2 heterocycles. The van der Waals surface area contributed by atoms with Gasteiger partial charge in [0.25, 0.3) is 11.5 Å². The summed E-state index contributed by atoms with van der Waals surface area (Å²) in [5.74, 6) is -0.180. The highest BCUT2D eigenvalue weighted by molar-refractivity contribution is 5.97. The Morgan fingerprint density at radius 2 is 2.21 bits per heavy atom. The second kappa shape index (κ2) is 5.92. The molecule has 1 amide bonds. The fourth-order valence-electron chi connectivity index (χ4n) is 3.05. The highest BCUT2D eigenvalue weighted by Crippen LogP contribution is 2.16. The first kappa shape index (κ1) is 14.6. The summed E-state index contributed by atoms with van der Waals surface area (Å²) in [6.07, 6.45) is 4.51. The Kier molecular flexibility index (Phi) is 3.60. The van der Waals surface area contributed by atoms with E-state index in [9.17, 15) is 9.59 Å². The van der Waals surface area contributed by atoms with Gasteiger partial charge in [-0.25, -0.2) is 9.67 Å². The Morgan fingerprint density at radius 1 is 1.29 bits per heavy atom. The summed E-state index contributed by atoms with van der Waals surface area (Å²) in [6.45, 7) is 0.718. The van der Waals surface area contributed by atoms with Gasteiger partial charge in [0.1, 0.15) is 0 Å². The minimum Gasteiger partial charge on any atom is -0.350 e. The molecule has 0 atom stereocenters. The van der Waals surface area contributed by atoms with Crippen molar-refractivity contribution in [1.82, 2.24) is 25.1 Å². The third-order valence-corrected chi connectivity index (χ3v) is 4.32. The van der Waals surface area contributed by atoms with Gasteiger partial charge in [-0.2, -0.15) is 5.10 Å². The fourth-order valence-corrected chi connectivity index (χ4v) is 3.05. The summed E-state index contributed by atoms with van der Waals surface area (Å²) in [5.41, 5.74) is 4.16. The molecule has 7 heteroatoms. The molecule has 1 aliphatic carbocycles. The molecule has 0 saturated carbocycles. The topological polar surface area (TPSA) is 92.7 Å². The van der Waals surface area contributed by atoms with E-state index in [0.29, 0.717) is 18.7 Å². The molecular formula is C17H17N5O2. The first-order chi connectivity index (χ1) is 11.7. The van der Waals surface area contributed by atoms with Crippen molar-refractivity contribution in [2.24, 2.45) is 0 Å². The van der Waals surface area contributed by atoms with E-state index in [0.717, 1.165) is 41.6 Å². The third-order valence-electron chi connectivity index (χ3n) is 4.32. The summed E-state index contributed by atoms with van der Waals surface area (Å²) in [6, 6.07) is 6.96. The zero-order valence-corrected chi connectivity index (χ0v) is 13.1. The Bertz CT molecular complexity index is 973. The van der Waals surface area contributed by atoms with Crippen molar-refractivity contribution in [2.45, 2.75) is 25.8 Å². The summed E-state index contributed by atoms with van der Waals surface area (Å²) >= 11 is 0. The molecular weight excluding hydrogens is 306 g/mol. The minimum atomic E-state index is -0.180. The number of nitrogens with zero attached hydrogens (tertiary/aromatic N) is 3. The molecule has 0 saturated heterocycles. The largest absolute Gasteiger partial charge is 0.350 e. The average molecular weight is 323 g/mol. The maximum atomic E-state index is 12.2. The van der Waals surface area contributed by atoms with E-state index < -0.39 is 0 Å². The minimum absolute atomic E-state index is 0.108. The SMILES string of the molecule is O=C(NCCn1nc2c(cc1=O)CCC2)c1ccc2nc[nH]c2c1. The quantitative estimate of drug-likeness (QED) is 0.750.